The van der Waals surface area contributed by atoms with Crippen molar-refractivity contribution < 1.29 is 5.11 Å². The highest BCUT2D eigenvalue weighted by atomic mass is 32.2. The second-order valence-corrected chi connectivity index (χ2v) is 5.42. The van der Waals surface area contributed by atoms with Crippen LogP contribution in [0, 0.1) is 5.92 Å². The molecule has 0 spiro atoms. The molecular weight excluding hydrogens is 180 g/mol. The molecule has 1 fully saturated rings. The molecule has 1 saturated carbocycles. The predicted octanol–water partition coefficient (Wildman–Crippen LogP) is 3.07. The Bertz CT molecular complexity index is 121. The first-order valence-corrected chi connectivity index (χ1v) is 6.74. The van der Waals surface area contributed by atoms with Crippen molar-refractivity contribution in [2.24, 2.45) is 5.92 Å². The molecular formula is C11H22OS. The first-order chi connectivity index (χ1) is 6.33. The molecule has 0 radical (unpaired) electrons. The molecule has 0 aromatic rings. The number of rotatable bonds is 6. The predicted molar refractivity (Wildman–Crippen MR) is 60.2 cm³/mol. The average Bonchev–Trinajstić information content (AvgIpc) is 2.57. The van der Waals surface area contributed by atoms with E-state index in [1.807, 2.05) is 11.8 Å². The van der Waals surface area contributed by atoms with Crippen LogP contribution in [0.25, 0.3) is 0 Å². The minimum absolute atomic E-state index is 0.0258. The SMILES string of the molecule is CCSCCC(O)CC1CCCC1. The van der Waals surface area contributed by atoms with Crippen molar-refractivity contribution in [2.45, 2.75) is 51.6 Å². The van der Waals surface area contributed by atoms with Crippen LogP contribution >= 0.6 is 11.8 Å². The number of aliphatic hydroxyl groups is 1. The van der Waals surface area contributed by atoms with Gasteiger partial charge in [-0.25, -0.2) is 0 Å². The van der Waals surface area contributed by atoms with Gasteiger partial charge in [0.1, 0.15) is 0 Å². The third-order valence-electron chi connectivity index (χ3n) is 2.88. The van der Waals surface area contributed by atoms with E-state index in [1.54, 1.807) is 0 Å². The highest BCUT2D eigenvalue weighted by molar-refractivity contribution is 7.99. The van der Waals surface area contributed by atoms with Gasteiger partial charge >= 0.3 is 0 Å². The topological polar surface area (TPSA) is 20.2 Å². The lowest BCUT2D eigenvalue weighted by Crippen LogP contribution is -2.12. The van der Waals surface area contributed by atoms with E-state index >= 15 is 0 Å². The van der Waals surface area contributed by atoms with Gasteiger partial charge in [-0.3, -0.25) is 0 Å². The van der Waals surface area contributed by atoms with Crippen molar-refractivity contribution in [3.05, 3.63) is 0 Å². The van der Waals surface area contributed by atoms with Crippen molar-refractivity contribution in [2.75, 3.05) is 11.5 Å². The second kappa shape index (κ2) is 6.72. The lowest BCUT2D eigenvalue weighted by molar-refractivity contribution is 0.140. The zero-order chi connectivity index (χ0) is 9.52. The van der Waals surface area contributed by atoms with Crippen LogP contribution < -0.4 is 0 Å². The van der Waals surface area contributed by atoms with Gasteiger partial charge in [-0.15, -0.1) is 0 Å². The van der Waals surface area contributed by atoms with Crippen LogP contribution in [0.2, 0.25) is 0 Å². The van der Waals surface area contributed by atoms with Gasteiger partial charge in [0.15, 0.2) is 0 Å². The smallest absolute Gasteiger partial charge is 0.0550 e. The minimum Gasteiger partial charge on any atom is -0.393 e. The summed E-state index contributed by atoms with van der Waals surface area (Å²) in [5.41, 5.74) is 0. The van der Waals surface area contributed by atoms with E-state index in [-0.39, 0.29) is 6.10 Å². The fourth-order valence-corrected chi connectivity index (χ4v) is 2.84. The van der Waals surface area contributed by atoms with Crippen LogP contribution in [0.15, 0.2) is 0 Å². The molecule has 1 aliphatic rings. The third-order valence-corrected chi connectivity index (χ3v) is 3.81. The molecule has 0 heterocycles. The molecule has 0 aliphatic heterocycles. The van der Waals surface area contributed by atoms with E-state index in [2.05, 4.69) is 6.92 Å². The quantitative estimate of drug-likeness (QED) is 0.668. The summed E-state index contributed by atoms with van der Waals surface area (Å²) >= 11 is 1.93. The Kier molecular flexibility index (Phi) is 5.88. The number of hydrogen-bond donors (Lipinski definition) is 1. The van der Waals surface area contributed by atoms with Crippen LogP contribution in [0.4, 0.5) is 0 Å². The Morgan fingerprint density at radius 1 is 1.38 bits per heavy atom. The highest BCUT2D eigenvalue weighted by Crippen LogP contribution is 2.29. The fraction of sp³-hybridized carbons (Fsp3) is 1.00. The summed E-state index contributed by atoms with van der Waals surface area (Å²) in [6.45, 7) is 2.17. The Labute approximate surface area is 86.3 Å². The van der Waals surface area contributed by atoms with Crippen LogP contribution in [0.3, 0.4) is 0 Å². The lowest BCUT2D eigenvalue weighted by atomic mass is 9.99. The largest absolute Gasteiger partial charge is 0.393 e. The fourth-order valence-electron chi connectivity index (χ4n) is 2.11. The number of thioether (sulfide) groups is 1. The average molecular weight is 202 g/mol. The molecule has 13 heavy (non-hydrogen) atoms. The summed E-state index contributed by atoms with van der Waals surface area (Å²) in [7, 11) is 0. The molecule has 1 aliphatic carbocycles. The van der Waals surface area contributed by atoms with Crippen molar-refractivity contribution in [1.82, 2.24) is 0 Å². The molecule has 1 nitrogen and oxygen atoms in total. The Balaban J connectivity index is 1.99. The zero-order valence-electron chi connectivity index (χ0n) is 8.67. The summed E-state index contributed by atoms with van der Waals surface area (Å²) in [6, 6.07) is 0. The first kappa shape index (κ1) is 11.4. The molecule has 0 aromatic carbocycles. The Morgan fingerprint density at radius 2 is 2.08 bits per heavy atom. The van der Waals surface area contributed by atoms with E-state index in [1.165, 1.54) is 31.4 Å². The van der Waals surface area contributed by atoms with E-state index in [4.69, 9.17) is 0 Å². The molecule has 1 atom stereocenters. The van der Waals surface area contributed by atoms with Crippen molar-refractivity contribution in [1.29, 1.82) is 0 Å². The van der Waals surface area contributed by atoms with Crippen LogP contribution in [-0.2, 0) is 0 Å². The van der Waals surface area contributed by atoms with E-state index in [0.717, 1.165) is 24.5 Å². The molecule has 1 unspecified atom stereocenters. The van der Waals surface area contributed by atoms with Gasteiger partial charge in [0.25, 0.3) is 0 Å². The lowest BCUT2D eigenvalue weighted by Gasteiger charge is -2.14. The maximum absolute atomic E-state index is 9.72. The van der Waals surface area contributed by atoms with Crippen LogP contribution in [0.1, 0.15) is 45.4 Å². The maximum Gasteiger partial charge on any atom is 0.0550 e. The molecule has 2 heteroatoms. The standard InChI is InChI=1S/C11H22OS/c1-2-13-8-7-11(12)9-10-5-3-4-6-10/h10-12H,2-9H2,1H3. The van der Waals surface area contributed by atoms with E-state index in [9.17, 15) is 5.11 Å². The maximum atomic E-state index is 9.72. The second-order valence-electron chi connectivity index (χ2n) is 4.03. The van der Waals surface area contributed by atoms with Crippen LogP contribution in [0.5, 0.6) is 0 Å². The zero-order valence-corrected chi connectivity index (χ0v) is 9.48. The van der Waals surface area contributed by atoms with Gasteiger partial charge in [-0.2, -0.15) is 11.8 Å². The van der Waals surface area contributed by atoms with E-state index < -0.39 is 0 Å². The van der Waals surface area contributed by atoms with Crippen molar-refractivity contribution in [3.8, 4) is 0 Å². The van der Waals surface area contributed by atoms with Crippen molar-refractivity contribution >= 4 is 11.8 Å². The molecule has 0 amide bonds. The van der Waals surface area contributed by atoms with Gasteiger partial charge < -0.3 is 5.11 Å². The molecule has 0 aromatic heterocycles. The monoisotopic (exact) mass is 202 g/mol. The third kappa shape index (κ3) is 4.92. The summed E-state index contributed by atoms with van der Waals surface area (Å²) in [5.74, 6) is 3.14. The Hall–Kier alpha value is 0.310. The molecule has 1 rings (SSSR count). The number of aliphatic hydroxyl groups excluding tert-OH is 1. The van der Waals surface area contributed by atoms with Gasteiger partial charge in [-0.1, -0.05) is 32.6 Å². The normalized spacial score (nSPS) is 20.8. The minimum atomic E-state index is -0.0258. The van der Waals surface area contributed by atoms with Gasteiger partial charge in [0.05, 0.1) is 6.10 Å². The molecule has 0 saturated heterocycles. The first-order valence-electron chi connectivity index (χ1n) is 5.58. The molecule has 78 valence electrons. The van der Waals surface area contributed by atoms with Crippen molar-refractivity contribution in [3.63, 3.8) is 0 Å². The summed E-state index contributed by atoms with van der Waals surface area (Å²) in [5, 5.41) is 9.72. The summed E-state index contributed by atoms with van der Waals surface area (Å²) < 4.78 is 0. The van der Waals surface area contributed by atoms with Gasteiger partial charge in [-0.05, 0) is 30.3 Å². The van der Waals surface area contributed by atoms with Gasteiger partial charge in [0.2, 0.25) is 0 Å². The van der Waals surface area contributed by atoms with E-state index in [0.29, 0.717) is 0 Å². The summed E-state index contributed by atoms with van der Waals surface area (Å²) in [6.07, 6.45) is 7.53. The highest BCUT2D eigenvalue weighted by Gasteiger charge is 2.18. The van der Waals surface area contributed by atoms with Gasteiger partial charge in [0, 0.05) is 0 Å². The molecule has 0 bridgehead atoms. The molecule has 1 N–H and O–H groups in total. The Morgan fingerprint density at radius 3 is 2.69 bits per heavy atom. The number of hydrogen-bond acceptors (Lipinski definition) is 2. The van der Waals surface area contributed by atoms with Crippen LogP contribution in [-0.4, -0.2) is 22.7 Å². The summed E-state index contributed by atoms with van der Waals surface area (Å²) in [4.78, 5) is 0.